The van der Waals surface area contributed by atoms with E-state index in [1.165, 1.54) is 6.21 Å². The number of carbonyl (C=O) groups is 2. The third-order valence-corrected chi connectivity index (χ3v) is 2.33. The molecule has 0 aliphatic carbocycles. The molecule has 1 aromatic rings. The van der Waals surface area contributed by atoms with Crippen LogP contribution in [0, 0.1) is 12.8 Å². The van der Waals surface area contributed by atoms with Crippen LogP contribution in [0.3, 0.4) is 0 Å². The van der Waals surface area contributed by atoms with Crippen LogP contribution in [0.1, 0.15) is 25.0 Å². The fourth-order valence-corrected chi connectivity index (χ4v) is 1.25. The van der Waals surface area contributed by atoms with Crippen molar-refractivity contribution in [2.45, 2.75) is 20.8 Å². The van der Waals surface area contributed by atoms with Gasteiger partial charge in [0.25, 0.3) is 0 Å². The minimum Gasteiger partial charge on any atom is -0.348 e. The minimum absolute atomic E-state index is 0.299. The number of nitrogens with zero attached hydrogens (tertiary/aromatic N) is 1. The fraction of sp³-hybridized carbons (Fsp3) is 0.357. The van der Waals surface area contributed by atoms with Gasteiger partial charge in [0.05, 0.1) is 6.21 Å². The quantitative estimate of drug-likeness (QED) is 0.486. The first-order valence-corrected chi connectivity index (χ1v) is 6.17. The molecule has 1 aromatic carbocycles. The molecule has 0 heterocycles. The van der Waals surface area contributed by atoms with Gasteiger partial charge in [0.2, 0.25) is 0 Å². The Morgan fingerprint density at radius 3 is 2.42 bits per heavy atom. The monoisotopic (exact) mass is 261 g/mol. The third kappa shape index (κ3) is 5.81. The van der Waals surface area contributed by atoms with Crippen molar-refractivity contribution in [1.29, 1.82) is 0 Å². The zero-order chi connectivity index (χ0) is 14.3. The van der Waals surface area contributed by atoms with Crippen LogP contribution in [0.25, 0.3) is 0 Å². The Hall–Kier alpha value is -2.17. The molecule has 5 heteroatoms. The van der Waals surface area contributed by atoms with Gasteiger partial charge in [-0.3, -0.25) is 9.59 Å². The van der Waals surface area contributed by atoms with Gasteiger partial charge in [0.1, 0.15) is 0 Å². The average Bonchev–Trinajstić information content (AvgIpc) is 2.38. The van der Waals surface area contributed by atoms with Crippen molar-refractivity contribution >= 4 is 18.0 Å². The average molecular weight is 261 g/mol. The topological polar surface area (TPSA) is 70.6 Å². The number of amides is 2. The first kappa shape index (κ1) is 14.9. The molecule has 5 nitrogen and oxygen atoms in total. The van der Waals surface area contributed by atoms with Crippen LogP contribution in [-0.4, -0.2) is 24.6 Å². The van der Waals surface area contributed by atoms with Crippen LogP contribution in [0.2, 0.25) is 0 Å². The van der Waals surface area contributed by atoms with E-state index in [-0.39, 0.29) is 0 Å². The molecule has 0 atom stereocenters. The van der Waals surface area contributed by atoms with Crippen LogP contribution in [0.5, 0.6) is 0 Å². The summed E-state index contributed by atoms with van der Waals surface area (Å²) in [4.78, 5) is 22.7. The van der Waals surface area contributed by atoms with Crippen LogP contribution >= 0.6 is 0 Å². The SMILES string of the molecule is Cc1ccc(/C=N/NC(=O)C(=O)NCC(C)C)cc1. The lowest BCUT2D eigenvalue weighted by Gasteiger charge is -2.05. The summed E-state index contributed by atoms with van der Waals surface area (Å²) in [6.45, 7) is 6.36. The normalized spacial score (nSPS) is 10.7. The highest BCUT2D eigenvalue weighted by molar-refractivity contribution is 6.35. The van der Waals surface area contributed by atoms with Crippen molar-refractivity contribution in [3.63, 3.8) is 0 Å². The lowest BCUT2D eigenvalue weighted by Crippen LogP contribution is -2.39. The molecule has 2 N–H and O–H groups in total. The minimum atomic E-state index is -0.760. The highest BCUT2D eigenvalue weighted by atomic mass is 16.2. The third-order valence-electron chi connectivity index (χ3n) is 2.33. The summed E-state index contributed by atoms with van der Waals surface area (Å²) in [6, 6.07) is 7.64. The predicted octanol–water partition coefficient (Wildman–Crippen LogP) is 1.22. The molecule has 0 saturated heterocycles. The molecule has 102 valence electrons. The van der Waals surface area contributed by atoms with E-state index < -0.39 is 11.8 Å². The van der Waals surface area contributed by atoms with E-state index in [0.29, 0.717) is 12.5 Å². The Morgan fingerprint density at radius 1 is 1.21 bits per heavy atom. The summed E-state index contributed by atoms with van der Waals surface area (Å²) in [7, 11) is 0. The molecule has 0 spiro atoms. The fourth-order valence-electron chi connectivity index (χ4n) is 1.25. The number of hydrogen-bond donors (Lipinski definition) is 2. The van der Waals surface area contributed by atoms with Gasteiger partial charge in [-0.1, -0.05) is 43.7 Å². The van der Waals surface area contributed by atoms with Crippen molar-refractivity contribution < 1.29 is 9.59 Å². The number of aryl methyl sites for hydroxylation is 1. The lowest BCUT2D eigenvalue weighted by atomic mass is 10.2. The van der Waals surface area contributed by atoms with Gasteiger partial charge >= 0.3 is 11.8 Å². The van der Waals surface area contributed by atoms with E-state index in [1.807, 2.05) is 45.0 Å². The molecule has 0 fully saturated rings. The van der Waals surface area contributed by atoms with Crippen LogP contribution < -0.4 is 10.7 Å². The second-order valence-electron chi connectivity index (χ2n) is 4.71. The molecular formula is C14H19N3O2. The number of rotatable bonds is 4. The highest BCUT2D eigenvalue weighted by Gasteiger charge is 2.11. The first-order valence-electron chi connectivity index (χ1n) is 6.17. The predicted molar refractivity (Wildman–Crippen MR) is 74.8 cm³/mol. The van der Waals surface area contributed by atoms with Crippen molar-refractivity contribution in [2.75, 3.05) is 6.54 Å². The maximum absolute atomic E-state index is 11.4. The van der Waals surface area contributed by atoms with Crippen molar-refractivity contribution in [2.24, 2.45) is 11.0 Å². The van der Waals surface area contributed by atoms with Crippen molar-refractivity contribution in [3.8, 4) is 0 Å². The molecule has 0 radical (unpaired) electrons. The Bertz CT molecular complexity index is 464. The highest BCUT2D eigenvalue weighted by Crippen LogP contribution is 1.99. The van der Waals surface area contributed by atoms with Crippen LogP contribution in [0.15, 0.2) is 29.4 Å². The Balaban J connectivity index is 2.41. The van der Waals surface area contributed by atoms with Gasteiger partial charge < -0.3 is 5.32 Å². The van der Waals surface area contributed by atoms with Gasteiger partial charge in [-0.15, -0.1) is 0 Å². The number of hydrogen-bond acceptors (Lipinski definition) is 3. The summed E-state index contributed by atoms with van der Waals surface area (Å²) in [5.74, 6) is -1.13. The van der Waals surface area contributed by atoms with E-state index >= 15 is 0 Å². The van der Waals surface area contributed by atoms with Gasteiger partial charge in [0, 0.05) is 6.54 Å². The molecule has 1 rings (SSSR count). The number of benzene rings is 1. The molecule has 0 aliphatic heterocycles. The number of hydrazone groups is 1. The van der Waals surface area contributed by atoms with Crippen LogP contribution in [-0.2, 0) is 9.59 Å². The van der Waals surface area contributed by atoms with E-state index in [4.69, 9.17) is 0 Å². The Kier molecular flexibility index (Phi) is 5.73. The molecule has 19 heavy (non-hydrogen) atoms. The van der Waals surface area contributed by atoms with Crippen molar-refractivity contribution in [1.82, 2.24) is 10.7 Å². The summed E-state index contributed by atoms with van der Waals surface area (Å²) < 4.78 is 0. The van der Waals surface area contributed by atoms with Gasteiger partial charge in [-0.05, 0) is 18.4 Å². The second kappa shape index (κ2) is 7.31. The summed E-state index contributed by atoms with van der Waals surface area (Å²) in [5, 5.41) is 6.25. The molecule has 0 unspecified atom stereocenters. The zero-order valence-electron chi connectivity index (χ0n) is 11.4. The summed E-state index contributed by atoms with van der Waals surface area (Å²) >= 11 is 0. The Labute approximate surface area is 113 Å². The molecular weight excluding hydrogens is 242 g/mol. The van der Waals surface area contributed by atoms with Crippen molar-refractivity contribution in [3.05, 3.63) is 35.4 Å². The summed E-state index contributed by atoms with van der Waals surface area (Å²) in [5.41, 5.74) is 4.19. The largest absolute Gasteiger partial charge is 0.348 e. The number of carbonyl (C=O) groups excluding carboxylic acids is 2. The zero-order valence-corrected chi connectivity index (χ0v) is 11.4. The van der Waals surface area contributed by atoms with E-state index in [0.717, 1.165) is 11.1 Å². The molecule has 2 amide bonds. The maximum atomic E-state index is 11.4. The van der Waals surface area contributed by atoms with Gasteiger partial charge in [0.15, 0.2) is 0 Å². The first-order chi connectivity index (χ1) is 8.99. The lowest BCUT2D eigenvalue weighted by molar-refractivity contribution is -0.139. The Morgan fingerprint density at radius 2 is 1.84 bits per heavy atom. The van der Waals surface area contributed by atoms with E-state index in [9.17, 15) is 9.59 Å². The van der Waals surface area contributed by atoms with E-state index in [1.54, 1.807) is 0 Å². The molecule has 0 saturated carbocycles. The van der Waals surface area contributed by atoms with Crippen LogP contribution in [0.4, 0.5) is 0 Å². The van der Waals surface area contributed by atoms with Gasteiger partial charge in [-0.2, -0.15) is 5.10 Å². The van der Waals surface area contributed by atoms with Gasteiger partial charge in [-0.25, -0.2) is 5.43 Å². The second-order valence-corrected chi connectivity index (χ2v) is 4.71. The molecule has 0 bridgehead atoms. The summed E-state index contributed by atoms with van der Waals surface area (Å²) in [6.07, 6.45) is 1.49. The molecule has 0 aliphatic rings. The maximum Gasteiger partial charge on any atom is 0.329 e. The standard InChI is InChI=1S/C14H19N3O2/c1-10(2)8-15-13(18)14(19)17-16-9-12-6-4-11(3)5-7-12/h4-7,9-10H,8H2,1-3H3,(H,15,18)(H,17,19)/b16-9+. The number of nitrogens with one attached hydrogen (secondary N) is 2. The smallest absolute Gasteiger partial charge is 0.329 e. The van der Waals surface area contributed by atoms with E-state index in [2.05, 4.69) is 15.8 Å². The molecule has 0 aromatic heterocycles.